The molecule has 3 aromatic rings. The Morgan fingerprint density at radius 3 is 1.70 bits per heavy atom. The minimum atomic E-state index is -1.71. The van der Waals surface area contributed by atoms with Gasteiger partial charge in [-0.1, -0.05) is 103 Å². The Kier molecular flexibility index (Phi) is 5.72. The van der Waals surface area contributed by atoms with Gasteiger partial charge in [-0.05, 0) is 16.4 Å². The first-order valence-corrected chi connectivity index (χ1v) is 12.2. The molecule has 0 aliphatic heterocycles. The van der Waals surface area contributed by atoms with Gasteiger partial charge in [-0.25, -0.2) is 0 Å². The van der Waals surface area contributed by atoms with E-state index >= 15 is 0 Å². The molecule has 0 aliphatic rings. The first kappa shape index (κ1) is 16.5. The van der Waals surface area contributed by atoms with Crippen molar-refractivity contribution < 1.29 is 0 Å². The molecule has 0 aromatic heterocycles. The van der Waals surface area contributed by atoms with E-state index in [2.05, 4.69) is 91.0 Å². The van der Waals surface area contributed by atoms with Crippen molar-refractivity contribution >= 4 is 33.7 Å². The van der Waals surface area contributed by atoms with Crippen LogP contribution in [0.3, 0.4) is 0 Å². The van der Waals surface area contributed by atoms with Gasteiger partial charge in [-0.2, -0.15) is 0 Å². The van der Waals surface area contributed by atoms with E-state index in [1.807, 2.05) is 11.4 Å². The predicted octanol–water partition coefficient (Wildman–Crippen LogP) is 5.84. The molecule has 0 aliphatic carbocycles. The largest absolute Gasteiger partial charge is 0.114 e. The van der Waals surface area contributed by atoms with Crippen LogP contribution in [-0.2, 0) is 23.7 Å². The maximum absolute atomic E-state index is 6.22. The van der Waals surface area contributed by atoms with Crippen LogP contribution in [0.25, 0.3) is 0 Å². The summed E-state index contributed by atoms with van der Waals surface area (Å²) in [7, 11) is 0. The number of benzene rings is 3. The third kappa shape index (κ3) is 4.57. The molecule has 116 valence electrons. The second-order valence-electron chi connectivity index (χ2n) is 5.41. The normalized spacial score (nSPS) is 13.4. The summed E-state index contributed by atoms with van der Waals surface area (Å²) in [4.78, 5) is 0. The van der Waals surface area contributed by atoms with E-state index in [1.54, 1.807) is 0 Å². The lowest BCUT2D eigenvalue weighted by molar-refractivity contribution is 1.40. The topological polar surface area (TPSA) is 0 Å². The van der Waals surface area contributed by atoms with E-state index in [1.165, 1.54) is 16.4 Å². The lowest BCUT2D eigenvalue weighted by Crippen LogP contribution is -2.04. The lowest BCUT2D eigenvalue weighted by atomic mass is 10.2. The monoisotopic (exact) mass is 354 g/mol. The van der Waals surface area contributed by atoms with Gasteiger partial charge in [0.1, 0.15) is 0 Å². The zero-order valence-corrected chi connectivity index (χ0v) is 15.4. The Labute approximate surface area is 147 Å². The highest BCUT2D eigenvalue weighted by atomic mass is 32.9. The van der Waals surface area contributed by atoms with Crippen molar-refractivity contribution in [3.05, 3.63) is 102 Å². The molecule has 0 fully saturated rings. The average molecular weight is 354 g/mol. The molecular weight excluding hydrogens is 335 g/mol. The fourth-order valence-electron chi connectivity index (χ4n) is 2.44. The van der Waals surface area contributed by atoms with Gasteiger partial charge in [0.25, 0.3) is 0 Å². The van der Waals surface area contributed by atoms with E-state index < -0.39 is 5.24 Å². The van der Waals surface area contributed by atoms with E-state index in [0.717, 1.165) is 11.9 Å². The summed E-state index contributed by atoms with van der Waals surface area (Å²) in [6.07, 6.45) is 0.963. The van der Waals surface area contributed by atoms with Crippen LogP contribution >= 0.6 is 16.6 Å². The minimum Gasteiger partial charge on any atom is -0.114 e. The number of hydrogen-bond donors (Lipinski definition) is 0. The highest BCUT2D eigenvalue weighted by molar-refractivity contribution is 8.72. The Balaban J connectivity index is 1.86. The molecule has 0 heterocycles. The fraction of sp³-hybridized carbons (Fsp3) is 0.100. The Hall–Kier alpha value is -1.34. The molecule has 0 radical (unpaired) electrons. The fourth-order valence-corrected chi connectivity index (χ4v) is 8.63. The highest BCUT2D eigenvalue weighted by Crippen LogP contribution is 2.61. The van der Waals surface area contributed by atoms with E-state index in [4.69, 9.17) is 11.8 Å². The zero-order chi connectivity index (χ0) is 16.0. The lowest BCUT2D eigenvalue weighted by Gasteiger charge is -2.22. The van der Waals surface area contributed by atoms with Crippen molar-refractivity contribution in [3.8, 4) is 0 Å². The molecule has 0 bridgehead atoms. The van der Waals surface area contributed by atoms with Gasteiger partial charge in [-0.15, -0.1) is 11.4 Å². The molecular formula is C20H19PS2. The Morgan fingerprint density at radius 1 is 0.652 bits per heavy atom. The van der Waals surface area contributed by atoms with Crippen molar-refractivity contribution in [1.29, 1.82) is 0 Å². The standard InChI is InChI=1S/C20H19PS2/c22-21(20-14-8-3-9-15-20,16-18-10-4-1-5-11-18)23-17-19-12-6-2-7-13-19/h1-15H,16-17H2. The van der Waals surface area contributed by atoms with Crippen molar-refractivity contribution in [2.24, 2.45) is 0 Å². The van der Waals surface area contributed by atoms with Crippen LogP contribution in [0.4, 0.5) is 0 Å². The molecule has 23 heavy (non-hydrogen) atoms. The Bertz CT molecular complexity index is 771. The molecule has 0 saturated heterocycles. The smallest absolute Gasteiger partial charge is 0.0383 e. The highest BCUT2D eigenvalue weighted by Gasteiger charge is 2.21. The van der Waals surface area contributed by atoms with Crippen LogP contribution in [-0.4, -0.2) is 0 Å². The molecule has 1 unspecified atom stereocenters. The summed E-state index contributed by atoms with van der Waals surface area (Å²) < 4.78 is 0. The molecule has 3 aromatic carbocycles. The predicted molar refractivity (Wildman–Crippen MR) is 108 cm³/mol. The summed E-state index contributed by atoms with van der Waals surface area (Å²) in [5.41, 5.74) is 2.68. The number of rotatable bonds is 6. The van der Waals surface area contributed by atoms with Crippen molar-refractivity contribution in [3.63, 3.8) is 0 Å². The van der Waals surface area contributed by atoms with Crippen LogP contribution in [0.5, 0.6) is 0 Å². The summed E-state index contributed by atoms with van der Waals surface area (Å²) in [6.45, 7) is 0. The van der Waals surface area contributed by atoms with Gasteiger partial charge in [0.05, 0.1) is 0 Å². The second-order valence-corrected chi connectivity index (χ2v) is 13.3. The third-order valence-electron chi connectivity index (χ3n) is 3.67. The first-order valence-electron chi connectivity index (χ1n) is 7.63. The summed E-state index contributed by atoms with van der Waals surface area (Å²) in [6, 6.07) is 31.9. The zero-order valence-electron chi connectivity index (χ0n) is 12.8. The number of hydrogen-bond acceptors (Lipinski definition) is 2. The molecule has 0 N–H and O–H groups in total. The summed E-state index contributed by atoms with van der Waals surface area (Å²) in [5, 5.41) is -0.390. The van der Waals surface area contributed by atoms with Gasteiger partial charge in [0.2, 0.25) is 0 Å². The van der Waals surface area contributed by atoms with Crippen LogP contribution < -0.4 is 5.30 Å². The van der Waals surface area contributed by atoms with Gasteiger partial charge >= 0.3 is 0 Å². The van der Waals surface area contributed by atoms with E-state index in [0.29, 0.717) is 0 Å². The molecule has 3 heteroatoms. The SMILES string of the molecule is S=P(Cc1ccccc1)(SCc1ccccc1)c1ccccc1. The van der Waals surface area contributed by atoms with Gasteiger partial charge in [0.15, 0.2) is 0 Å². The van der Waals surface area contributed by atoms with Crippen LogP contribution in [0.15, 0.2) is 91.0 Å². The maximum atomic E-state index is 6.22. The molecule has 3 rings (SSSR count). The van der Waals surface area contributed by atoms with Gasteiger partial charge in [0, 0.05) is 17.2 Å². The average Bonchev–Trinajstić information content (AvgIpc) is 2.63. The van der Waals surface area contributed by atoms with E-state index in [-0.39, 0.29) is 0 Å². The summed E-state index contributed by atoms with van der Waals surface area (Å²) in [5.74, 6) is 0.972. The molecule has 1 atom stereocenters. The molecule has 0 saturated carbocycles. The second kappa shape index (κ2) is 7.97. The van der Waals surface area contributed by atoms with Gasteiger partial charge in [-0.3, -0.25) is 0 Å². The van der Waals surface area contributed by atoms with Crippen LogP contribution in [0.2, 0.25) is 0 Å². The van der Waals surface area contributed by atoms with Crippen molar-refractivity contribution in [2.75, 3.05) is 0 Å². The third-order valence-corrected chi connectivity index (χ3v) is 11.0. The van der Waals surface area contributed by atoms with Gasteiger partial charge < -0.3 is 0 Å². The minimum absolute atomic E-state index is 0.963. The quantitative estimate of drug-likeness (QED) is 0.510. The van der Waals surface area contributed by atoms with E-state index in [9.17, 15) is 0 Å². The van der Waals surface area contributed by atoms with Crippen LogP contribution in [0, 0.1) is 0 Å². The summed E-state index contributed by atoms with van der Waals surface area (Å²) >= 11 is 8.17. The molecule has 0 amide bonds. The van der Waals surface area contributed by atoms with Crippen molar-refractivity contribution in [1.82, 2.24) is 0 Å². The van der Waals surface area contributed by atoms with Crippen molar-refractivity contribution in [2.45, 2.75) is 11.9 Å². The van der Waals surface area contributed by atoms with Crippen LogP contribution in [0.1, 0.15) is 11.1 Å². The first-order chi connectivity index (χ1) is 11.3. The molecule has 0 spiro atoms. The molecule has 0 nitrogen and oxygen atoms in total. The maximum Gasteiger partial charge on any atom is 0.0383 e. The Morgan fingerprint density at radius 2 is 1.13 bits per heavy atom.